The van der Waals surface area contributed by atoms with E-state index < -0.39 is 56.3 Å². The first-order chi connectivity index (χ1) is 15.5. The minimum atomic E-state index is -4.21. The molecule has 0 aliphatic rings. The Morgan fingerprint density at radius 1 is 0.909 bits per heavy atom. The van der Waals surface area contributed by atoms with Gasteiger partial charge in [-0.1, -0.05) is 29.8 Å². The number of carbonyl (C=O) groups excluding carboxylic acids is 1. The van der Waals surface area contributed by atoms with Crippen LogP contribution in [0, 0.1) is 29.1 Å². The summed E-state index contributed by atoms with van der Waals surface area (Å²) in [6.45, 7) is 1.61. The van der Waals surface area contributed by atoms with Crippen molar-refractivity contribution >= 4 is 38.9 Å². The summed E-state index contributed by atoms with van der Waals surface area (Å²) in [5.74, 6) is -12.8. The monoisotopic (exact) mass is 504 g/mol. The van der Waals surface area contributed by atoms with E-state index in [0.717, 1.165) is 22.5 Å². The van der Waals surface area contributed by atoms with Crippen LogP contribution in [0.5, 0.6) is 0 Å². The topological polar surface area (TPSA) is 66.5 Å². The molecule has 0 saturated carbocycles. The van der Waals surface area contributed by atoms with Crippen LogP contribution >= 0.6 is 11.6 Å². The molecule has 0 radical (unpaired) electrons. The Morgan fingerprint density at radius 2 is 1.45 bits per heavy atom. The van der Waals surface area contributed by atoms with Crippen LogP contribution in [0.15, 0.2) is 53.4 Å². The summed E-state index contributed by atoms with van der Waals surface area (Å²) in [4.78, 5) is 12.2. The molecule has 0 bridgehead atoms. The van der Waals surface area contributed by atoms with Gasteiger partial charge < -0.3 is 5.32 Å². The summed E-state index contributed by atoms with van der Waals surface area (Å²) >= 11 is 5.94. The molecule has 3 rings (SSSR count). The normalized spacial score (nSPS) is 11.4. The summed E-state index contributed by atoms with van der Waals surface area (Å²) < 4.78 is 95.2. The zero-order chi connectivity index (χ0) is 24.5. The second kappa shape index (κ2) is 9.36. The van der Waals surface area contributed by atoms with Crippen molar-refractivity contribution < 1.29 is 35.2 Å². The number of benzene rings is 3. The van der Waals surface area contributed by atoms with Gasteiger partial charge >= 0.3 is 0 Å². The largest absolute Gasteiger partial charge is 0.317 e. The van der Waals surface area contributed by atoms with Gasteiger partial charge in [-0.15, -0.1) is 0 Å². The second-order valence-electron chi connectivity index (χ2n) is 6.55. The van der Waals surface area contributed by atoms with Gasteiger partial charge in [-0.25, -0.2) is 30.4 Å². The van der Waals surface area contributed by atoms with Crippen molar-refractivity contribution in [1.29, 1.82) is 0 Å². The third kappa shape index (κ3) is 4.51. The number of nitrogens with zero attached hydrogens (tertiary/aromatic N) is 1. The van der Waals surface area contributed by atoms with Crippen LogP contribution in [0.1, 0.15) is 17.3 Å². The highest BCUT2D eigenvalue weighted by Crippen LogP contribution is 2.30. The number of para-hydroxylation sites is 1. The van der Waals surface area contributed by atoms with E-state index in [0.29, 0.717) is 5.69 Å². The number of nitrogens with one attached hydrogen (secondary N) is 1. The van der Waals surface area contributed by atoms with E-state index in [9.17, 15) is 35.2 Å². The van der Waals surface area contributed by atoms with E-state index in [4.69, 9.17) is 11.6 Å². The van der Waals surface area contributed by atoms with Gasteiger partial charge in [0.05, 0.1) is 21.2 Å². The number of rotatable bonds is 6. The van der Waals surface area contributed by atoms with Crippen LogP contribution in [-0.4, -0.2) is 20.9 Å². The van der Waals surface area contributed by atoms with Gasteiger partial charge in [-0.3, -0.25) is 9.10 Å². The zero-order valence-electron chi connectivity index (χ0n) is 16.7. The lowest BCUT2D eigenvalue weighted by Gasteiger charge is -2.23. The van der Waals surface area contributed by atoms with Crippen LogP contribution in [0.2, 0.25) is 5.02 Å². The molecule has 0 fully saturated rings. The van der Waals surface area contributed by atoms with E-state index in [1.54, 1.807) is 42.6 Å². The molecule has 0 aromatic heterocycles. The van der Waals surface area contributed by atoms with Crippen molar-refractivity contribution in [3.05, 3.63) is 88.2 Å². The Balaban J connectivity index is 2.03. The average Bonchev–Trinajstić information content (AvgIpc) is 2.80. The Kier molecular flexibility index (Phi) is 6.94. The van der Waals surface area contributed by atoms with Crippen molar-refractivity contribution in [2.75, 3.05) is 16.2 Å². The molecular formula is C21H14ClF5N2O3S. The van der Waals surface area contributed by atoms with Crippen molar-refractivity contribution in [2.24, 2.45) is 0 Å². The van der Waals surface area contributed by atoms with Crippen LogP contribution in [0.4, 0.5) is 33.3 Å². The maximum atomic E-state index is 13.9. The summed E-state index contributed by atoms with van der Waals surface area (Å²) in [6, 6.07) is 11.0. The molecule has 0 atom stereocenters. The summed E-state index contributed by atoms with van der Waals surface area (Å²) in [6.07, 6.45) is 0. The summed E-state index contributed by atoms with van der Waals surface area (Å²) in [5.41, 5.74) is -1.83. The van der Waals surface area contributed by atoms with E-state index >= 15 is 0 Å². The fraction of sp³-hybridized carbons (Fsp3) is 0.0952. The molecule has 12 heteroatoms. The lowest BCUT2D eigenvalue weighted by Crippen LogP contribution is -2.31. The molecular weight excluding hydrogens is 491 g/mol. The van der Waals surface area contributed by atoms with Crippen molar-refractivity contribution in [3.63, 3.8) is 0 Å². The van der Waals surface area contributed by atoms with Crippen molar-refractivity contribution in [2.45, 2.75) is 11.8 Å². The van der Waals surface area contributed by atoms with Crippen LogP contribution in [0.25, 0.3) is 0 Å². The zero-order valence-corrected chi connectivity index (χ0v) is 18.2. The molecule has 174 valence electrons. The first-order valence-corrected chi connectivity index (χ1v) is 11.0. The molecule has 1 N–H and O–H groups in total. The minimum absolute atomic E-state index is 0.0288. The number of halogens is 6. The molecule has 3 aromatic carbocycles. The van der Waals surface area contributed by atoms with Gasteiger partial charge in [-0.2, -0.15) is 0 Å². The maximum absolute atomic E-state index is 13.9. The van der Waals surface area contributed by atoms with Crippen LogP contribution < -0.4 is 9.62 Å². The van der Waals surface area contributed by atoms with Crippen LogP contribution in [-0.2, 0) is 10.0 Å². The molecule has 0 heterocycles. The lowest BCUT2D eigenvalue weighted by atomic mass is 10.2. The van der Waals surface area contributed by atoms with Gasteiger partial charge in [0.2, 0.25) is 5.82 Å². The van der Waals surface area contributed by atoms with E-state index in [1.807, 2.05) is 0 Å². The van der Waals surface area contributed by atoms with Gasteiger partial charge in [0.1, 0.15) is 5.69 Å². The van der Waals surface area contributed by atoms with Gasteiger partial charge in [0, 0.05) is 6.54 Å². The lowest BCUT2D eigenvalue weighted by molar-refractivity contribution is 0.102. The Morgan fingerprint density at radius 3 is 2.00 bits per heavy atom. The van der Waals surface area contributed by atoms with E-state index in [1.165, 1.54) is 0 Å². The average molecular weight is 505 g/mol. The molecule has 5 nitrogen and oxygen atoms in total. The highest BCUT2D eigenvalue weighted by atomic mass is 35.5. The molecule has 0 spiro atoms. The predicted octanol–water partition coefficient (Wildman–Crippen LogP) is 5.50. The molecule has 0 unspecified atom stereocenters. The van der Waals surface area contributed by atoms with E-state index in [2.05, 4.69) is 0 Å². The maximum Gasteiger partial charge on any atom is 0.264 e. The Bertz CT molecular complexity index is 1310. The first kappa shape index (κ1) is 24.5. The molecule has 0 saturated heterocycles. The SMILES string of the molecule is CCN(c1ccccc1)S(=O)(=O)c1ccc(Cl)c(C(=O)Nc2c(F)c(F)c(F)c(F)c2F)c1. The summed E-state index contributed by atoms with van der Waals surface area (Å²) in [5, 5.41) is 1.25. The number of amides is 1. The van der Waals surface area contributed by atoms with Crippen molar-refractivity contribution in [3.8, 4) is 0 Å². The number of carbonyl (C=O) groups is 1. The first-order valence-electron chi connectivity index (χ1n) is 9.20. The number of anilines is 2. The van der Waals surface area contributed by atoms with Gasteiger partial charge in [-0.05, 0) is 37.3 Å². The van der Waals surface area contributed by atoms with Gasteiger partial charge in [0.15, 0.2) is 23.3 Å². The Hall–Kier alpha value is -3.18. The highest BCUT2D eigenvalue weighted by molar-refractivity contribution is 7.92. The summed E-state index contributed by atoms with van der Waals surface area (Å²) in [7, 11) is -4.21. The molecule has 0 aliphatic carbocycles. The smallest absolute Gasteiger partial charge is 0.264 e. The highest BCUT2D eigenvalue weighted by Gasteiger charge is 2.29. The standard InChI is InChI=1S/C21H14ClF5N2O3S/c1-2-29(11-6-4-3-5-7-11)33(31,32)12-8-9-14(22)13(10-12)21(30)28-20-18(26)16(24)15(23)17(25)19(20)27/h3-10H,2H2,1H3,(H,28,30). The number of sulfonamides is 1. The number of hydrogen-bond donors (Lipinski definition) is 1. The number of hydrogen-bond acceptors (Lipinski definition) is 3. The molecule has 3 aromatic rings. The predicted molar refractivity (Wildman–Crippen MR) is 112 cm³/mol. The Labute approximate surface area is 190 Å². The third-order valence-corrected chi connectivity index (χ3v) is 6.78. The van der Waals surface area contributed by atoms with Crippen molar-refractivity contribution in [1.82, 2.24) is 0 Å². The third-order valence-electron chi connectivity index (χ3n) is 4.55. The molecule has 1 amide bonds. The molecule has 33 heavy (non-hydrogen) atoms. The fourth-order valence-corrected chi connectivity index (χ4v) is 4.65. The quantitative estimate of drug-likeness (QED) is 0.274. The fourth-order valence-electron chi connectivity index (χ4n) is 2.95. The minimum Gasteiger partial charge on any atom is -0.317 e. The van der Waals surface area contributed by atoms with Crippen LogP contribution in [0.3, 0.4) is 0 Å². The van der Waals surface area contributed by atoms with E-state index in [-0.39, 0.29) is 16.5 Å². The molecule has 0 aliphatic heterocycles. The van der Waals surface area contributed by atoms with Gasteiger partial charge in [0.25, 0.3) is 15.9 Å². The second-order valence-corrected chi connectivity index (χ2v) is 8.82.